The molecule has 0 spiro atoms. The summed E-state index contributed by atoms with van der Waals surface area (Å²) in [6.07, 6.45) is 1.59. The Morgan fingerprint density at radius 2 is 1.79 bits per heavy atom. The lowest BCUT2D eigenvalue weighted by atomic mass is 9.95. The first-order valence-electron chi connectivity index (χ1n) is 10.6. The van der Waals surface area contributed by atoms with E-state index in [2.05, 4.69) is 21.0 Å². The van der Waals surface area contributed by atoms with Crippen LogP contribution >= 0.6 is 39.1 Å². The van der Waals surface area contributed by atoms with Crippen LogP contribution in [0.1, 0.15) is 37.7 Å². The molecule has 3 aromatic carbocycles. The van der Waals surface area contributed by atoms with Gasteiger partial charge < -0.3 is 4.74 Å². The first-order chi connectivity index (χ1) is 16.1. The average molecular weight is 559 g/mol. The molecule has 0 saturated carbocycles. The summed E-state index contributed by atoms with van der Waals surface area (Å²) in [7, 11) is 0. The molecule has 4 aromatic rings. The maximum Gasteiger partial charge on any atom is 0.282 e. The fourth-order valence-electron chi connectivity index (χ4n) is 3.32. The van der Waals surface area contributed by atoms with Gasteiger partial charge in [0.1, 0.15) is 18.2 Å². The van der Waals surface area contributed by atoms with Gasteiger partial charge in [-0.05, 0) is 59.7 Å². The minimum absolute atomic E-state index is 0.235. The number of rotatable bonds is 5. The van der Waals surface area contributed by atoms with Gasteiger partial charge in [0.05, 0.1) is 22.1 Å². The molecule has 4 rings (SSSR count). The van der Waals surface area contributed by atoms with Gasteiger partial charge >= 0.3 is 0 Å². The Balaban J connectivity index is 1.63. The van der Waals surface area contributed by atoms with Crippen LogP contribution in [0.5, 0.6) is 5.75 Å². The molecule has 174 valence electrons. The zero-order valence-corrected chi connectivity index (χ0v) is 21.9. The summed E-state index contributed by atoms with van der Waals surface area (Å²) in [5.41, 5.74) is 1.71. The molecule has 0 saturated heterocycles. The van der Waals surface area contributed by atoms with E-state index in [4.69, 9.17) is 32.9 Å². The molecule has 5 nitrogen and oxygen atoms in total. The van der Waals surface area contributed by atoms with E-state index in [-0.39, 0.29) is 5.56 Å². The number of hydrogen-bond acceptors (Lipinski definition) is 4. The third kappa shape index (κ3) is 5.52. The highest BCUT2D eigenvalue weighted by atomic mass is 79.9. The molecule has 0 aliphatic rings. The van der Waals surface area contributed by atoms with Gasteiger partial charge in [-0.25, -0.2) is 4.98 Å². The van der Waals surface area contributed by atoms with Gasteiger partial charge in [-0.3, -0.25) is 4.79 Å². The minimum Gasteiger partial charge on any atom is -0.487 e. The summed E-state index contributed by atoms with van der Waals surface area (Å²) in [5, 5.41) is 6.09. The van der Waals surface area contributed by atoms with Crippen molar-refractivity contribution in [3.8, 4) is 5.75 Å². The Labute approximate surface area is 216 Å². The fraction of sp³-hybridized carbons (Fsp3) is 0.192. The van der Waals surface area contributed by atoms with Crippen molar-refractivity contribution in [2.45, 2.75) is 32.8 Å². The second kappa shape index (κ2) is 9.90. The second-order valence-corrected chi connectivity index (χ2v) is 10.6. The van der Waals surface area contributed by atoms with E-state index in [0.717, 1.165) is 15.6 Å². The molecule has 1 aromatic heterocycles. The van der Waals surface area contributed by atoms with Crippen LogP contribution in [-0.2, 0) is 12.0 Å². The highest BCUT2D eigenvalue weighted by Crippen LogP contribution is 2.27. The quantitative estimate of drug-likeness (QED) is 0.243. The zero-order valence-electron chi connectivity index (χ0n) is 18.8. The number of halogens is 3. The van der Waals surface area contributed by atoms with Crippen LogP contribution in [0.15, 0.2) is 75.0 Å². The monoisotopic (exact) mass is 557 g/mol. The minimum atomic E-state index is -0.394. The molecular weight excluding hydrogens is 537 g/mol. The number of hydrogen-bond donors (Lipinski definition) is 0. The van der Waals surface area contributed by atoms with Gasteiger partial charge in [0.15, 0.2) is 0 Å². The van der Waals surface area contributed by atoms with Crippen LogP contribution in [0.4, 0.5) is 0 Å². The maximum atomic E-state index is 13.3. The topological polar surface area (TPSA) is 56.5 Å². The average Bonchev–Trinajstić information content (AvgIpc) is 2.78. The predicted octanol–water partition coefficient (Wildman–Crippen LogP) is 7.22. The van der Waals surface area contributed by atoms with Crippen molar-refractivity contribution in [3.63, 3.8) is 0 Å². The molecule has 1 heterocycles. The molecule has 0 aliphatic carbocycles. The Kier molecular flexibility index (Phi) is 7.12. The van der Waals surface area contributed by atoms with Gasteiger partial charge in [0.2, 0.25) is 0 Å². The highest BCUT2D eigenvalue weighted by molar-refractivity contribution is 9.10. The lowest BCUT2D eigenvalue weighted by Gasteiger charge is -2.20. The van der Waals surface area contributed by atoms with E-state index in [9.17, 15) is 4.79 Å². The van der Waals surface area contributed by atoms with Crippen molar-refractivity contribution in [2.24, 2.45) is 5.10 Å². The van der Waals surface area contributed by atoms with Crippen molar-refractivity contribution in [3.05, 3.63) is 102 Å². The van der Waals surface area contributed by atoms with E-state index in [1.165, 1.54) is 4.68 Å². The van der Waals surface area contributed by atoms with Crippen molar-refractivity contribution in [1.29, 1.82) is 0 Å². The fourth-order valence-corrected chi connectivity index (χ4v) is 4.05. The van der Waals surface area contributed by atoms with Crippen LogP contribution in [0, 0.1) is 0 Å². The summed E-state index contributed by atoms with van der Waals surface area (Å²) in [4.78, 5) is 18.0. The predicted molar refractivity (Wildman–Crippen MR) is 143 cm³/mol. The molecule has 0 bridgehead atoms. The molecular formula is C26H22BrCl2N3O2. The van der Waals surface area contributed by atoms with Crippen LogP contribution in [0.3, 0.4) is 0 Å². The summed E-state index contributed by atoms with van der Waals surface area (Å²) in [6.45, 7) is 6.35. The van der Waals surface area contributed by atoms with Crippen LogP contribution in [0.2, 0.25) is 10.0 Å². The first kappa shape index (κ1) is 24.5. The first-order valence-corrected chi connectivity index (χ1v) is 12.1. The smallest absolute Gasteiger partial charge is 0.282 e. The lowest BCUT2D eigenvalue weighted by Crippen LogP contribution is -2.29. The Hall–Kier alpha value is -2.67. The molecule has 0 amide bonds. The third-order valence-electron chi connectivity index (χ3n) is 5.06. The standard InChI is InChI=1S/C26H22BrCl2N3O2/c1-26(2,3)25-31-22-10-7-18(27)13-20(22)24(33)32(25)30-14-17-6-11-23(21(29)12-17)34-15-16-4-8-19(28)9-5-16/h4-14H,15H2,1-3H3. The van der Waals surface area contributed by atoms with E-state index in [1.807, 2.05) is 63.2 Å². The highest BCUT2D eigenvalue weighted by Gasteiger charge is 2.22. The van der Waals surface area contributed by atoms with Crippen LogP contribution < -0.4 is 10.3 Å². The summed E-state index contributed by atoms with van der Waals surface area (Å²) < 4.78 is 7.99. The van der Waals surface area contributed by atoms with E-state index < -0.39 is 5.41 Å². The SMILES string of the molecule is CC(C)(C)c1nc2ccc(Br)cc2c(=O)n1N=Cc1ccc(OCc2ccc(Cl)cc2)c(Cl)c1. The molecule has 34 heavy (non-hydrogen) atoms. The number of ether oxygens (including phenoxy) is 1. The Morgan fingerprint density at radius 1 is 1.06 bits per heavy atom. The maximum absolute atomic E-state index is 13.3. The molecule has 0 N–H and O–H groups in total. The number of fused-ring (bicyclic) bond motifs is 1. The molecule has 0 aliphatic heterocycles. The van der Waals surface area contributed by atoms with Crippen LogP contribution in [0.25, 0.3) is 10.9 Å². The van der Waals surface area contributed by atoms with Crippen LogP contribution in [-0.4, -0.2) is 15.9 Å². The van der Waals surface area contributed by atoms with Gasteiger partial charge in [0.25, 0.3) is 5.56 Å². The largest absolute Gasteiger partial charge is 0.487 e. The molecule has 0 radical (unpaired) electrons. The van der Waals surface area contributed by atoms with E-state index >= 15 is 0 Å². The van der Waals surface area contributed by atoms with Gasteiger partial charge in [-0.2, -0.15) is 9.78 Å². The van der Waals surface area contributed by atoms with Crippen molar-refractivity contribution < 1.29 is 4.74 Å². The molecule has 0 unspecified atom stereocenters. The van der Waals surface area contributed by atoms with Crippen molar-refractivity contribution in [1.82, 2.24) is 9.66 Å². The summed E-state index contributed by atoms with van der Waals surface area (Å²) >= 11 is 15.8. The molecule has 0 atom stereocenters. The van der Waals surface area contributed by atoms with E-state index in [1.54, 1.807) is 24.4 Å². The summed E-state index contributed by atoms with van der Waals surface area (Å²) in [5.74, 6) is 1.12. The third-order valence-corrected chi connectivity index (χ3v) is 6.11. The van der Waals surface area contributed by atoms with Gasteiger partial charge in [-0.1, -0.05) is 72.0 Å². The Bertz CT molecular complexity index is 1440. The number of nitrogens with zero attached hydrogens (tertiary/aromatic N) is 3. The van der Waals surface area contributed by atoms with E-state index in [0.29, 0.717) is 39.1 Å². The second-order valence-electron chi connectivity index (χ2n) is 8.81. The number of aromatic nitrogens is 2. The lowest BCUT2D eigenvalue weighted by molar-refractivity contribution is 0.306. The zero-order chi connectivity index (χ0) is 24.5. The summed E-state index contributed by atoms with van der Waals surface area (Å²) in [6, 6.07) is 18.2. The number of benzene rings is 3. The molecule has 8 heteroatoms. The Morgan fingerprint density at radius 3 is 2.47 bits per heavy atom. The normalized spacial score (nSPS) is 11.9. The molecule has 0 fully saturated rings. The van der Waals surface area contributed by atoms with Crippen molar-refractivity contribution in [2.75, 3.05) is 0 Å². The van der Waals surface area contributed by atoms with Gasteiger partial charge in [0, 0.05) is 14.9 Å². The van der Waals surface area contributed by atoms with Crippen molar-refractivity contribution >= 4 is 56.2 Å². The van der Waals surface area contributed by atoms with Gasteiger partial charge in [-0.15, -0.1) is 0 Å².